The van der Waals surface area contributed by atoms with Crippen LogP contribution in [0, 0.1) is 0 Å². The molecule has 0 fully saturated rings. The van der Waals surface area contributed by atoms with Gasteiger partial charge in [-0.25, -0.2) is 4.79 Å². The van der Waals surface area contributed by atoms with Gasteiger partial charge in [0.05, 0.1) is 12.6 Å². The van der Waals surface area contributed by atoms with Gasteiger partial charge in [0, 0.05) is 32.0 Å². The van der Waals surface area contributed by atoms with Crippen LogP contribution in [-0.2, 0) is 7.05 Å². The summed E-state index contributed by atoms with van der Waals surface area (Å²) in [6, 6.07) is 14.8. The first-order chi connectivity index (χ1) is 11.1. The van der Waals surface area contributed by atoms with Crippen molar-refractivity contribution in [1.29, 1.82) is 0 Å². The predicted molar refractivity (Wildman–Crippen MR) is 90.3 cm³/mol. The van der Waals surface area contributed by atoms with Crippen molar-refractivity contribution in [2.45, 2.75) is 0 Å². The predicted octanol–water partition coefficient (Wildman–Crippen LogP) is 3.82. The standard InChI is InChI=1S/C18H18N2O3/c1-19-11-10-13-4-7-16(12-17(13)19)23-18(21)20(2)14-5-8-15(22-3)9-6-14/h4-12H,1-3H3. The second-order valence-corrected chi connectivity index (χ2v) is 5.27. The zero-order valence-corrected chi connectivity index (χ0v) is 13.3. The van der Waals surface area contributed by atoms with Gasteiger partial charge in [0.2, 0.25) is 0 Å². The number of rotatable bonds is 3. The van der Waals surface area contributed by atoms with E-state index in [0.717, 1.165) is 22.3 Å². The fourth-order valence-electron chi connectivity index (χ4n) is 2.39. The molecule has 5 nitrogen and oxygen atoms in total. The van der Waals surface area contributed by atoms with Gasteiger partial charge in [-0.1, -0.05) is 0 Å². The van der Waals surface area contributed by atoms with E-state index in [9.17, 15) is 4.79 Å². The van der Waals surface area contributed by atoms with Crippen LogP contribution in [0.15, 0.2) is 54.7 Å². The summed E-state index contributed by atoms with van der Waals surface area (Å²) in [7, 11) is 5.23. The number of hydrogen-bond acceptors (Lipinski definition) is 3. The minimum Gasteiger partial charge on any atom is -0.497 e. The number of methoxy groups -OCH3 is 1. The zero-order chi connectivity index (χ0) is 16.4. The Morgan fingerprint density at radius 1 is 1.04 bits per heavy atom. The maximum Gasteiger partial charge on any atom is 0.419 e. The Labute approximate surface area is 134 Å². The summed E-state index contributed by atoms with van der Waals surface area (Å²) in [5.74, 6) is 1.26. The van der Waals surface area contributed by atoms with Crippen molar-refractivity contribution in [1.82, 2.24) is 4.57 Å². The first kappa shape index (κ1) is 15.0. The van der Waals surface area contributed by atoms with Crippen LogP contribution in [0.25, 0.3) is 10.9 Å². The number of ether oxygens (including phenoxy) is 2. The first-order valence-corrected chi connectivity index (χ1v) is 7.23. The summed E-state index contributed by atoms with van der Waals surface area (Å²) in [6.45, 7) is 0. The van der Waals surface area contributed by atoms with Gasteiger partial charge in [-0.15, -0.1) is 0 Å². The number of fused-ring (bicyclic) bond motifs is 1. The fraction of sp³-hybridized carbons (Fsp3) is 0.167. The fourth-order valence-corrected chi connectivity index (χ4v) is 2.39. The van der Waals surface area contributed by atoms with Crippen molar-refractivity contribution < 1.29 is 14.3 Å². The molecule has 5 heteroatoms. The average Bonchev–Trinajstić information content (AvgIpc) is 2.95. The van der Waals surface area contributed by atoms with Crippen LogP contribution in [0.2, 0.25) is 0 Å². The smallest absolute Gasteiger partial charge is 0.419 e. The first-order valence-electron chi connectivity index (χ1n) is 7.23. The number of nitrogens with zero attached hydrogens (tertiary/aromatic N) is 2. The van der Waals surface area contributed by atoms with E-state index in [1.807, 2.05) is 36.0 Å². The zero-order valence-electron chi connectivity index (χ0n) is 13.3. The van der Waals surface area contributed by atoms with Crippen molar-refractivity contribution >= 4 is 22.7 Å². The Hall–Kier alpha value is -2.95. The molecule has 0 aliphatic heterocycles. The maximum atomic E-state index is 12.3. The summed E-state index contributed by atoms with van der Waals surface area (Å²) in [5.41, 5.74) is 1.75. The monoisotopic (exact) mass is 310 g/mol. The van der Waals surface area contributed by atoms with Crippen molar-refractivity contribution in [3.63, 3.8) is 0 Å². The van der Waals surface area contributed by atoms with Crippen LogP contribution in [0.4, 0.5) is 10.5 Å². The Kier molecular flexibility index (Phi) is 3.93. The molecule has 1 heterocycles. The van der Waals surface area contributed by atoms with Crippen LogP contribution in [-0.4, -0.2) is 24.8 Å². The van der Waals surface area contributed by atoms with E-state index < -0.39 is 6.09 Å². The number of amides is 1. The second kappa shape index (κ2) is 6.04. The van der Waals surface area contributed by atoms with Gasteiger partial charge >= 0.3 is 6.09 Å². The highest BCUT2D eigenvalue weighted by Gasteiger charge is 2.14. The number of carbonyl (C=O) groups excluding carboxylic acids is 1. The summed E-state index contributed by atoms with van der Waals surface area (Å²) in [5, 5.41) is 1.11. The summed E-state index contributed by atoms with van der Waals surface area (Å²) >= 11 is 0. The van der Waals surface area contributed by atoms with Gasteiger partial charge < -0.3 is 14.0 Å². The van der Waals surface area contributed by atoms with E-state index in [0.29, 0.717) is 5.75 Å². The summed E-state index contributed by atoms with van der Waals surface area (Å²) < 4.78 is 12.6. The minimum absolute atomic E-state index is 0.441. The molecular weight excluding hydrogens is 292 g/mol. The van der Waals surface area contributed by atoms with Gasteiger partial charge in [0.25, 0.3) is 0 Å². The van der Waals surface area contributed by atoms with Crippen LogP contribution >= 0.6 is 0 Å². The molecule has 3 rings (SSSR count). The lowest BCUT2D eigenvalue weighted by Crippen LogP contribution is -2.29. The van der Waals surface area contributed by atoms with E-state index in [1.165, 1.54) is 4.90 Å². The van der Waals surface area contributed by atoms with Crippen molar-refractivity contribution in [2.24, 2.45) is 7.05 Å². The minimum atomic E-state index is -0.441. The van der Waals surface area contributed by atoms with Gasteiger partial charge in [-0.3, -0.25) is 4.90 Å². The third-order valence-corrected chi connectivity index (χ3v) is 3.80. The number of hydrogen-bond donors (Lipinski definition) is 0. The highest BCUT2D eigenvalue weighted by molar-refractivity contribution is 5.89. The molecule has 0 aliphatic rings. The normalized spacial score (nSPS) is 10.6. The molecule has 0 saturated heterocycles. The molecule has 23 heavy (non-hydrogen) atoms. The third-order valence-electron chi connectivity index (χ3n) is 3.80. The molecule has 1 aromatic heterocycles. The van der Waals surface area contributed by atoms with E-state index in [2.05, 4.69) is 0 Å². The van der Waals surface area contributed by atoms with Crippen LogP contribution < -0.4 is 14.4 Å². The third kappa shape index (κ3) is 2.99. The lowest BCUT2D eigenvalue weighted by molar-refractivity contribution is 0.209. The highest BCUT2D eigenvalue weighted by atomic mass is 16.6. The molecule has 0 spiro atoms. The molecule has 2 aromatic carbocycles. The van der Waals surface area contributed by atoms with Gasteiger partial charge in [-0.2, -0.15) is 0 Å². The summed E-state index contributed by atoms with van der Waals surface area (Å²) in [4.78, 5) is 13.7. The molecule has 0 bridgehead atoms. The van der Waals surface area contributed by atoms with Crippen molar-refractivity contribution in [3.8, 4) is 11.5 Å². The number of benzene rings is 2. The maximum absolute atomic E-state index is 12.3. The van der Waals surface area contributed by atoms with Gasteiger partial charge in [0.15, 0.2) is 0 Å². The lowest BCUT2D eigenvalue weighted by Gasteiger charge is -2.17. The van der Waals surface area contributed by atoms with Crippen LogP contribution in [0.5, 0.6) is 11.5 Å². The Balaban J connectivity index is 1.77. The van der Waals surface area contributed by atoms with Crippen LogP contribution in [0.3, 0.4) is 0 Å². The molecule has 0 aliphatic carbocycles. The Morgan fingerprint density at radius 2 is 1.74 bits per heavy atom. The SMILES string of the molecule is COc1ccc(N(C)C(=O)Oc2ccc3ccn(C)c3c2)cc1. The molecular formula is C18H18N2O3. The molecule has 0 radical (unpaired) electrons. The van der Waals surface area contributed by atoms with Gasteiger partial charge in [0.1, 0.15) is 11.5 Å². The quantitative estimate of drug-likeness (QED) is 0.738. The van der Waals surface area contributed by atoms with Crippen molar-refractivity contribution in [2.75, 3.05) is 19.1 Å². The number of carbonyl (C=O) groups is 1. The average molecular weight is 310 g/mol. The van der Waals surface area contributed by atoms with E-state index in [-0.39, 0.29) is 0 Å². The highest BCUT2D eigenvalue weighted by Crippen LogP contribution is 2.23. The molecule has 3 aromatic rings. The molecule has 118 valence electrons. The topological polar surface area (TPSA) is 43.7 Å². The Bertz CT molecular complexity index is 837. The molecule has 0 saturated carbocycles. The summed E-state index contributed by atoms with van der Waals surface area (Å²) in [6.07, 6.45) is 1.53. The van der Waals surface area contributed by atoms with E-state index in [1.54, 1.807) is 44.5 Å². The van der Waals surface area contributed by atoms with Crippen molar-refractivity contribution in [3.05, 3.63) is 54.7 Å². The van der Waals surface area contributed by atoms with E-state index in [4.69, 9.17) is 9.47 Å². The Morgan fingerprint density at radius 3 is 2.43 bits per heavy atom. The molecule has 0 atom stereocenters. The second-order valence-electron chi connectivity index (χ2n) is 5.27. The molecule has 1 amide bonds. The molecule has 0 N–H and O–H groups in total. The number of aryl methyl sites for hydroxylation is 1. The van der Waals surface area contributed by atoms with Crippen LogP contribution in [0.1, 0.15) is 0 Å². The van der Waals surface area contributed by atoms with Gasteiger partial charge in [-0.05, 0) is 47.9 Å². The lowest BCUT2D eigenvalue weighted by atomic mass is 10.2. The van der Waals surface area contributed by atoms with E-state index >= 15 is 0 Å². The number of anilines is 1. The largest absolute Gasteiger partial charge is 0.497 e. The number of aromatic nitrogens is 1. The molecule has 0 unspecified atom stereocenters.